The van der Waals surface area contributed by atoms with Crippen LogP contribution in [0.4, 0.5) is 5.69 Å². The van der Waals surface area contributed by atoms with Crippen LogP contribution in [0.25, 0.3) is 6.08 Å². The lowest BCUT2D eigenvalue weighted by molar-refractivity contribution is -0.385. The summed E-state index contributed by atoms with van der Waals surface area (Å²) in [6, 6.07) is 5.99. The van der Waals surface area contributed by atoms with E-state index in [2.05, 4.69) is 0 Å². The minimum Gasteiger partial charge on any atom is -0.258 e. The average molecular weight is 163 g/mol. The number of hydrogen-bond donors (Lipinski definition) is 0. The molecule has 0 heterocycles. The maximum Gasteiger partial charge on any atom is 0.277 e. The highest BCUT2D eigenvalue weighted by Gasteiger charge is 2.08. The summed E-state index contributed by atoms with van der Waals surface area (Å²) in [5.74, 6) is 1.50. The molecule has 60 valence electrons. The molecule has 0 saturated heterocycles. The van der Waals surface area contributed by atoms with Crippen molar-refractivity contribution in [3.8, 4) is 0 Å². The summed E-state index contributed by atoms with van der Waals surface area (Å²) in [4.78, 5) is 19.8. The third-order valence-corrected chi connectivity index (χ3v) is 1.35. The van der Waals surface area contributed by atoms with Crippen molar-refractivity contribution in [2.24, 2.45) is 0 Å². The van der Waals surface area contributed by atoms with Crippen molar-refractivity contribution in [2.45, 2.75) is 0 Å². The van der Waals surface area contributed by atoms with Gasteiger partial charge in [-0.2, -0.15) is 0 Å². The molecule has 0 aliphatic rings. The minimum absolute atomic E-state index is 0.0825. The topological polar surface area (TPSA) is 60.2 Å². The van der Waals surface area contributed by atoms with E-state index < -0.39 is 4.92 Å². The lowest BCUT2D eigenvalue weighted by atomic mass is 10.2. The Bertz CT molecular complexity index is 332. The second kappa shape index (κ2) is 3.46. The maximum absolute atomic E-state index is 10.4. The summed E-state index contributed by atoms with van der Waals surface area (Å²) >= 11 is 0. The van der Waals surface area contributed by atoms with Gasteiger partial charge in [0.05, 0.1) is 10.5 Å². The molecule has 0 fully saturated rings. The Kier molecular flexibility index (Phi) is 2.35. The van der Waals surface area contributed by atoms with Crippen LogP contribution < -0.4 is 0 Å². The number of carbonyl (C=O) groups excluding carboxylic acids is 1. The third kappa shape index (κ3) is 1.56. The monoisotopic (exact) mass is 163 g/mol. The van der Waals surface area contributed by atoms with Gasteiger partial charge in [0.25, 0.3) is 5.69 Å². The first-order valence-corrected chi connectivity index (χ1v) is 3.20. The van der Waals surface area contributed by atoms with Gasteiger partial charge < -0.3 is 0 Å². The first-order chi connectivity index (χ1) is 5.75. The molecule has 12 heavy (non-hydrogen) atoms. The Morgan fingerprint density at radius 3 is 2.67 bits per heavy atom. The first kappa shape index (κ1) is 8.17. The fourth-order valence-corrected chi connectivity index (χ4v) is 0.839. The molecule has 0 bridgehead atoms. The smallest absolute Gasteiger partial charge is 0.258 e. The van der Waals surface area contributed by atoms with Crippen LogP contribution in [0.5, 0.6) is 0 Å². The van der Waals surface area contributed by atoms with Gasteiger partial charge in [-0.3, -0.25) is 10.1 Å². The largest absolute Gasteiger partial charge is 0.277 e. The average Bonchev–Trinajstić information content (AvgIpc) is 2.05. The Hall–Kier alpha value is -1.93. The van der Waals surface area contributed by atoms with Gasteiger partial charge in [-0.15, -0.1) is 0 Å². The molecule has 1 aromatic rings. The van der Waals surface area contributed by atoms with Crippen molar-refractivity contribution in [3.63, 3.8) is 0 Å². The molecule has 0 radical (unpaired) electrons. The Labute approximate surface area is 68.3 Å². The van der Waals surface area contributed by atoms with E-state index in [1.807, 2.05) is 0 Å². The summed E-state index contributed by atoms with van der Waals surface area (Å²) in [6.07, 6.45) is 1.04. The summed E-state index contributed by atoms with van der Waals surface area (Å²) in [6.45, 7) is 0. The molecule has 0 atom stereocenters. The summed E-state index contributed by atoms with van der Waals surface area (Å²) < 4.78 is 0. The first-order valence-electron chi connectivity index (χ1n) is 3.20. The molecule has 1 rings (SSSR count). The predicted octanol–water partition coefficient (Wildman–Crippen LogP) is 1.44. The van der Waals surface area contributed by atoms with Crippen LogP contribution in [-0.2, 0) is 4.79 Å². The normalized spacial score (nSPS) is 8.67. The van der Waals surface area contributed by atoms with Gasteiger partial charge in [0, 0.05) is 12.1 Å². The van der Waals surface area contributed by atoms with E-state index in [0.717, 1.165) is 6.08 Å². The SMILES string of the molecule is O=C=Cc1ccccc1[N+](=O)[O-]. The van der Waals surface area contributed by atoms with Crippen molar-refractivity contribution < 1.29 is 9.72 Å². The molecule has 0 N–H and O–H groups in total. The molecule has 0 aliphatic heterocycles. The number of nitro groups is 1. The fourth-order valence-electron chi connectivity index (χ4n) is 0.839. The van der Waals surface area contributed by atoms with Crippen LogP contribution >= 0.6 is 0 Å². The van der Waals surface area contributed by atoms with E-state index in [-0.39, 0.29) is 11.3 Å². The van der Waals surface area contributed by atoms with E-state index in [4.69, 9.17) is 0 Å². The number of para-hydroxylation sites is 1. The van der Waals surface area contributed by atoms with Gasteiger partial charge in [-0.25, -0.2) is 4.79 Å². The van der Waals surface area contributed by atoms with Gasteiger partial charge >= 0.3 is 0 Å². The van der Waals surface area contributed by atoms with Crippen molar-refractivity contribution in [3.05, 3.63) is 39.9 Å². The van der Waals surface area contributed by atoms with E-state index in [9.17, 15) is 14.9 Å². The third-order valence-electron chi connectivity index (χ3n) is 1.35. The minimum atomic E-state index is -0.539. The molecule has 0 spiro atoms. The fraction of sp³-hybridized carbons (Fsp3) is 0. The van der Waals surface area contributed by atoms with Gasteiger partial charge in [-0.05, 0) is 6.07 Å². The van der Waals surface area contributed by atoms with Crippen molar-refractivity contribution >= 4 is 17.7 Å². The molecule has 0 amide bonds. The molecule has 4 nitrogen and oxygen atoms in total. The van der Waals surface area contributed by atoms with Crippen molar-refractivity contribution in [1.29, 1.82) is 0 Å². The number of hydrogen-bond acceptors (Lipinski definition) is 3. The molecule has 0 saturated carbocycles. The molecular weight excluding hydrogens is 158 g/mol. The highest BCUT2D eigenvalue weighted by molar-refractivity contribution is 5.78. The van der Waals surface area contributed by atoms with Crippen LogP contribution in [0.1, 0.15) is 5.56 Å². The van der Waals surface area contributed by atoms with Crippen molar-refractivity contribution in [2.75, 3.05) is 0 Å². The lowest BCUT2D eigenvalue weighted by Gasteiger charge is -1.93. The Morgan fingerprint density at radius 2 is 2.08 bits per heavy atom. The summed E-state index contributed by atoms with van der Waals surface area (Å²) in [7, 11) is 0. The van der Waals surface area contributed by atoms with Gasteiger partial charge in [0.1, 0.15) is 5.94 Å². The van der Waals surface area contributed by atoms with Crippen molar-refractivity contribution in [1.82, 2.24) is 0 Å². The number of nitro benzene ring substituents is 1. The van der Waals surface area contributed by atoms with Crippen LogP contribution in [0, 0.1) is 10.1 Å². The highest BCUT2D eigenvalue weighted by atomic mass is 16.6. The Morgan fingerprint density at radius 1 is 1.42 bits per heavy atom. The van der Waals surface area contributed by atoms with Crippen LogP contribution in [-0.4, -0.2) is 10.9 Å². The number of rotatable bonds is 2. The van der Waals surface area contributed by atoms with Gasteiger partial charge in [-0.1, -0.05) is 12.1 Å². The zero-order chi connectivity index (χ0) is 8.97. The lowest BCUT2D eigenvalue weighted by Crippen LogP contribution is -1.90. The van der Waals surface area contributed by atoms with E-state index in [1.54, 1.807) is 12.1 Å². The number of nitrogens with zero attached hydrogens (tertiary/aromatic N) is 1. The second-order valence-corrected chi connectivity index (χ2v) is 2.08. The molecule has 1 aromatic carbocycles. The van der Waals surface area contributed by atoms with E-state index >= 15 is 0 Å². The molecular formula is C8H5NO3. The zero-order valence-corrected chi connectivity index (χ0v) is 6.06. The molecule has 0 aromatic heterocycles. The number of benzene rings is 1. The molecule has 4 heteroatoms. The van der Waals surface area contributed by atoms with E-state index in [1.165, 1.54) is 18.1 Å². The second-order valence-electron chi connectivity index (χ2n) is 2.08. The summed E-state index contributed by atoms with van der Waals surface area (Å²) in [5, 5.41) is 10.4. The Balaban J connectivity index is 3.26. The van der Waals surface area contributed by atoms with Gasteiger partial charge in [0.2, 0.25) is 0 Å². The zero-order valence-electron chi connectivity index (χ0n) is 6.06. The highest BCUT2D eigenvalue weighted by Crippen LogP contribution is 2.17. The van der Waals surface area contributed by atoms with E-state index in [0.29, 0.717) is 0 Å². The summed E-state index contributed by atoms with van der Waals surface area (Å²) in [5.41, 5.74) is 0.193. The molecule has 0 unspecified atom stereocenters. The van der Waals surface area contributed by atoms with Crippen LogP contribution in [0.2, 0.25) is 0 Å². The van der Waals surface area contributed by atoms with Crippen LogP contribution in [0.3, 0.4) is 0 Å². The van der Waals surface area contributed by atoms with Gasteiger partial charge in [0.15, 0.2) is 0 Å². The van der Waals surface area contributed by atoms with Crippen LogP contribution in [0.15, 0.2) is 24.3 Å². The quantitative estimate of drug-likeness (QED) is 0.376. The maximum atomic E-state index is 10.4. The standard InChI is InChI=1S/C8H5NO3/c10-6-5-7-3-1-2-4-8(7)9(11)12/h1-5H. The predicted molar refractivity (Wildman–Crippen MR) is 43.3 cm³/mol. The molecule has 0 aliphatic carbocycles.